The molecule has 0 N–H and O–H groups in total. The average Bonchev–Trinajstić information content (AvgIpc) is 2.74. The Balaban J connectivity index is 3.27. The van der Waals surface area contributed by atoms with Crippen LogP contribution in [0.1, 0.15) is 23.1 Å². The summed E-state index contributed by atoms with van der Waals surface area (Å²) in [7, 11) is 0.359. The van der Waals surface area contributed by atoms with Crippen LogP contribution >= 0.6 is 0 Å². The molecular weight excluding hydrogens is 274 g/mol. The zero-order valence-electron chi connectivity index (χ0n) is 11.3. The van der Waals surface area contributed by atoms with Crippen molar-refractivity contribution >= 4 is 16.2 Å². The zero-order valence-corrected chi connectivity index (χ0v) is 12.1. The van der Waals surface area contributed by atoms with Crippen molar-refractivity contribution in [3.63, 3.8) is 0 Å². The normalized spacial score (nSPS) is 11.8. The van der Waals surface area contributed by atoms with Crippen LogP contribution in [0.2, 0.25) is 0 Å². The topological polar surface area (TPSA) is 90.7 Å². The molecule has 0 aliphatic carbocycles. The van der Waals surface area contributed by atoms with E-state index >= 15 is 0 Å². The number of esters is 1. The van der Waals surface area contributed by atoms with Gasteiger partial charge in [-0.15, -0.1) is 9.19 Å². The number of carbonyl (C=O) groups is 1. The summed E-state index contributed by atoms with van der Waals surface area (Å²) in [5, 5.41) is 3.77. The lowest BCUT2D eigenvalue weighted by Crippen LogP contribution is -2.31. The summed E-state index contributed by atoms with van der Waals surface area (Å²) < 4.78 is 35.5. The first kappa shape index (κ1) is 15.6. The molecule has 0 fully saturated rings. The van der Waals surface area contributed by atoms with Gasteiger partial charge in [0.15, 0.2) is 5.69 Å². The van der Waals surface area contributed by atoms with Gasteiger partial charge in [-0.25, -0.2) is 4.79 Å². The highest BCUT2D eigenvalue weighted by molar-refractivity contribution is 7.87. The molecule has 108 valence electrons. The van der Waals surface area contributed by atoms with Crippen molar-refractivity contribution in [2.75, 3.05) is 27.8 Å². The lowest BCUT2D eigenvalue weighted by atomic mass is 10.4. The Kier molecular flexibility index (Phi) is 5.04. The van der Waals surface area contributed by atoms with Gasteiger partial charge in [0.05, 0.1) is 18.9 Å². The third-order valence-corrected chi connectivity index (χ3v) is 3.88. The minimum Gasteiger partial charge on any atom is -0.461 e. The predicted octanol–water partition coefficient (Wildman–Crippen LogP) is -0.139. The number of aromatic nitrogens is 2. The van der Waals surface area contributed by atoms with E-state index in [4.69, 9.17) is 9.47 Å². The molecule has 0 aliphatic rings. The number of ether oxygens (including phenoxy) is 2. The van der Waals surface area contributed by atoms with E-state index in [1.807, 2.05) is 0 Å². The monoisotopic (exact) mass is 291 g/mol. The lowest BCUT2D eigenvalue weighted by Gasteiger charge is -2.13. The Hall–Kier alpha value is -1.45. The van der Waals surface area contributed by atoms with Gasteiger partial charge in [0.1, 0.15) is 0 Å². The smallest absolute Gasteiger partial charge is 0.358 e. The fourth-order valence-electron chi connectivity index (χ4n) is 1.31. The minimum absolute atomic E-state index is 0.0134. The highest BCUT2D eigenvalue weighted by Crippen LogP contribution is 2.12. The van der Waals surface area contributed by atoms with E-state index in [1.165, 1.54) is 27.3 Å². The molecule has 9 heteroatoms. The number of rotatable bonds is 6. The molecule has 0 atom stereocenters. The molecule has 19 heavy (non-hydrogen) atoms. The molecule has 8 nitrogen and oxygen atoms in total. The number of carbonyl (C=O) groups excluding carboxylic acids is 1. The van der Waals surface area contributed by atoms with Crippen molar-refractivity contribution in [3.8, 4) is 0 Å². The number of hydrogen-bond donors (Lipinski definition) is 0. The summed E-state index contributed by atoms with van der Waals surface area (Å²) in [5.74, 6) is -0.674. The number of methoxy groups -OCH3 is 1. The van der Waals surface area contributed by atoms with Gasteiger partial charge in [-0.1, -0.05) is 0 Å². The Morgan fingerprint density at radius 3 is 2.58 bits per heavy atom. The van der Waals surface area contributed by atoms with Crippen LogP contribution < -0.4 is 0 Å². The van der Waals surface area contributed by atoms with Crippen LogP contribution in [0.4, 0.5) is 0 Å². The van der Waals surface area contributed by atoms with Crippen LogP contribution in [-0.2, 0) is 26.3 Å². The molecule has 0 aliphatic heterocycles. The van der Waals surface area contributed by atoms with Gasteiger partial charge < -0.3 is 9.47 Å². The largest absolute Gasteiger partial charge is 0.461 e. The standard InChI is InChI=1S/C10H17N3O5S/c1-5-18-10(14)9-6-8(7-17-4)13(11-9)19(15,16)12(2)3/h6H,5,7H2,1-4H3. The quantitative estimate of drug-likeness (QED) is 0.678. The molecule has 0 aromatic carbocycles. The third-order valence-electron chi connectivity index (χ3n) is 2.20. The van der Waals surface area contributed by atoms with Crippen molar-refractivity contribution < 1.29 is 22.7 Å². The van der Waals surface area contributed by atoms with Crippen LogP contribution in [-0.4, -0.2) is 55.7 Å². The van der Waals surface area contributed by atoms with E-state index < -0.39 is 16.2 Å². The highest BCUT2D eigenvalue weighted by Gasteiger charge is 2.24. The van der Waals surface area contributed by atoms with Crippen molar-refractivity contribution in [1.82, 2.24) is 13.5 Å². The molecule has 0 spiro atoms. The maximum atomic E-state index is 12.0. The SMILES string of the molecule is CCOC(=O)c1cc(COC)n(S(=O)(=O)N(C)C)n1. The maximum absolute atomic E-state index is 12.0. The summed E-state index contributed by atoms with van der Waals surface area (Å²) >= 11 is 0. The summed E-state index contributed by atoms with van der Waals surface area (Å²) in [4.78, 5) is 11.6. The molecule has 0 amide bonds. The molecule has 0 saturated carbocycles. The fourth-order valence-corrected chi connectivity index (χ4v) is 2.21. The highest BCUT2D eigenvalue weighted by atomic mass is 32.2. The Bertz CT molecular complexity index is 550. The minimum atomic E-state index is -3.81. The first-order valence-electron chi connectivity index (χ1n) is 5.52. The second kappa shape index (κ2) is 6.13. The van der Waals surface area contributed by atoms with E-state index in [1.54, 1.807) is 6.92 Å². The number of nitrogens with zero attached hydrogens (tertiary/aromatic N) is 3. The van der Waals surface area contributed by atoms with Crippen LogP contribution in [0.15, 0.2) is 6.07 Å². The van der Waals surface area contributed by atoms with Crippen LogP contribution in [0.3, 0.4) is 0 Å². The van der Waals surface area contributed by atoms with Crippen LogP contribution in [0.5, 0.6) is 0 Å². The molecule has 1 aromatic heterocycles. The van der Waals surface area contributed by atoms with E-state index in [9.17, 15) is 13.2 Å². The van der Waals surface area contributed by atoms with Crippen molar-refractivity contribution in [2.24, 2.45) is 0 Å². The third kappa shape index (κ3) is 3.31. The van der Waals surface area contributed by atoms with Crippen molar-refractivity contribution in [1.29, 1.82) is 0 Å². The Morgan fingerprint density at radius 1 is 1.47 bits per heavy atom. The summed E-state index contributed by atoms with van der Waals surface area (Å²) in [5.41, 5.74) is 0.179. The molecule has 0 unspecified atom stereocenters. The second-order valence-corrected chi connectivity index (χ2v) is 5.78. The first-order valence-corrected chi connectivity index (χ1v) is 6.92. The van der Waals surface area contributed by atoms with E-state index in [2.05, 4.69) is 5.10 Å². The second-order valence-electron chi connectivity index (χ2n) is 3.81. The summed E-state index contributed by atoms with van der Waals surface area (Å²) in [6.07, 6.45) is 0. The van der Waals surface area contributed by atoms with Crippen molar-refractivity contribution in [3.05, 3.63) is 17.5 Å². The Morgan fingerprint density at radius 2 is 2.11 bits per heavy atom. The van der Waals surface area contributed by atoms with Gasteiger partial charge >= 0.3 is 16.2 Å². The van der Waals surface area contributed by atoms with Gasteiger partial charge in [0.25, 0.3) is 0 Å². The van der Waals surface area contributed by atoms with Gasteiger partial charge in [0.2, 0.25) is 0 Å². The fraction of sp³-hybridized carbons (Fsp3) is 0.600. The van der Waals surface area contributed by atoms with E-state index in [0.717, 1.165) is 8.39 Å². The zero-order chi connectivity index (χ0) is 14.6. The first-order chi connectivity index (χ1) is 8.84. The molecular formula is C10H17N3O5S. The lowest BCUT2D eigenvalue weighted by molar-refractivity contribution is 0.0519. The number of hydrogen-bond acceptors (Lipinski definition) is 6. The summed E-state index contributed by atoms with van der Waals surface area (Å²) in [6, 6.07) is 1.34. The van der Waals surface area contributed by atoms with Gasteiger partial charge in [0, 0.05) is 21.2 Å². The molecule has 0 radical (unpaired) electrons. The molecule has 0 saturated heterocycles. The maximum Gasteiger partial charge on any atom is 0.358 e. The molecule has 1 heterocycles. The molecule has 0 bridgehead atoms. The van der Waals surface area contributed by atoms with Gasteiger partial charge in [-0.05, 0) is 13.0 Å². The molecule has 1 rings (SSSR count). The van der Waals surface area contributed by atoms with Crippen molar-refractivity contribution in [2.45, 2.75) is 13.5 Å². The average molecular weight is 291 g/mol. The molecule has 1 aromatic rings. The van der Waals surface area contributed by atoms with E-state index in [0.29, 0.717) is 0 Å². The van der Waals surface area contributed by atoms with Gasteiger partial charge in [-0.3, -0.25) is 0 Å². The predicted molar refractivity (Wildman–Crippen MR) is 66.9 cm³/mol. The van der Waals surface area contributed by atoms with Crippen LogP contribution in [0, 0.1) is 0 Å². The van der Waals surface area contributed by atoms with Crippen LogP contribution in [0.25, 0.3) is 0 Å². The van der Waals surface area contributed by atoms with E-state index in [-0.39, 0.29) is 24.6 Å². The summed E-state index contributed by atoms with van der Waals surface area (Å²) in [6.45, 7) is 1.85. The Labute approximate surface area is 112 Å². The van der Waals surface area contributed by atoms with Gasteiger partial charge in [-0.2, -0.15) is 12.7 Å².